The number of carbonyl (C=O) groups excluding carboxylic acids is 1. The lowest BCUT2D eigenvalue weighted by molar-refractivity contribution is -0.692. The maximum Gasteiger partial charge on any atom is 0.279 e. The lowest BCUT2D eigenvalue weighted by Gasteiger charge is -2.20. The number of nitrogens with two attached hydrogens (primary N) is 1. The van der Waals surface area contributed by atoms with Crippen molar-refractivity contribution in [3.63, 3.8) is 0 Å². The van der Waals surface area contributed by atoms with E-state index in [0.717, 1.165) is 23.2 Å². The fourth-order valence-corrected chi connectivity index (χ4v) is 3.20. The fraction of sp³-hybridized carbons (Fsp3) is 0.409. The van der Waals surface area contributed by atoms with Gasteiger partial charge in [0, 0.05) is 17.2 Å². The fourth-order valence-electron chi connectivity index (χ4n) is 3.20. The molecule has 0 saturated heterocycles. The number of anilines is 1. The molecule has 0 aliphatic carbocycles. The van der Waals surface area contributed by atoms with Gasteiger partial charge in [0.05, 0.1) is 0 Å². The summed E-state index contributed by atoms with van der Waals surface area (Å²) in [5, 5.41) is 5.22. The molecule has 0 aliphatic rings. The molecule has 0 spiro atoms. The molecule has 0 radical (unpaired) electrons. The van der Waals surface area contributed by atoms with E-state index in [1.807, 2.05) is 32.0 Å². The van der Waals surface area contributed by atoms with Gasteiger partial charge in [-0.3, -0.25) is 4.79 Å². The molecule has 0 bridgehead atoms. The van der Waals surface area contributed by atoms with Crippen molar-refractivity contribution in [3.05, 3.63) is 64.7 Å². The number of benzene rings is 2. The van der Waals surface area contributed by atoms with Crippen LogP contribution in [0.5, 0.6) is 0 Å². The van der Waals surface area contributed by atoms with E-state index in [0.29, 0.717) is 12.5 Å². The van der Waals surface area contributed by atoms with Crippen LogP contribution in [0.4, 0.5) is 5.69 Å². The van der Waals surface area contributed by atoms with Crippen molar-refractivity contribution in [2.75, 3.05) is 11.9 Å². The summed E-state index contributed by atoms with van der Waals surface area (Å²) in [6.45, 7) is 11.1. The Kier molecular flexibility index (Phi) is 6.77. The average Bonchev–Trinajstić information content (AvgIpc) is 2.59. The molecule has 3 heteroatoms. The van der Waals surface area contributed by atoms with Gasteiger partial charge in [-0.25, -0.2) is 0 Å². The largest absolute Gasteiger partial charge is 0.332 e. The molecule has 3 N–H and O–H groups in total. The van der Waals surface area contributed by atoms with E-state index in [1.165, 1.54) is 11.1 Å². The number of hydrogen-bond acceptors (Lipinski definition) is 1. The van der Waals surface area contributed by atoms with E-state index in [2.05, 4.69) is 55.7 Å². The van der Waals surface area contributed by atoms with Crippen LogP contribution < -0.4 is 10.6 Å². The van der Waals surface area contributed by atoms with Crippen LogP contribution in [0.1, 0.15) is 49.1 Å². The summed E-state index contributed by atoms with van der Waals surface area (Å²) in [5.74, 6) is 0.508. The molecule has 1 amide bonds. The normalized spacial score (nSPS) is 12.2. The zero-order valence-corrected chi connectivity index (χ0v) is 16.1. The van der Waals surface area contributed by atoms with E-state index in [4.69, 9.17) is 0 Å². The quantitative estimate of drug-likeness (QED) is 0.792. The first-order valence-electron chi connectivity index (χ1n) is 9.20. The average molecular weight is 340 g/mol. The highest BCUT2D eigenvalue weighted by molar-refractivity contribution is 5.92. The molecule has 2 aromatic rings. The molecular formula is C22H31N2O+. The van der Waals surface area contributed by atoms with Gasteiger partial charge in [0.25, 0.3) is 5.91 Å². The minimum Gasteiger partial charge on any atom is -0.332 e. The summed E-state index contributed by atoms with van der Waals surface area (Å²) in [5.41, 5.74) is 5.77. The van der Waals surface area contributed by atoms with Crippen LogP contribution in [0, 0.1) is 19.8 Å². The summed E-state index contributed by atoms with van der Waals surface area (Å²) in [6.07, 6.45) is 1.05. The lowest BCUT2D eigenvalue weighted by atomic mass is 9.95. The van der Waals surface area contributed by atoms with Crippen molar-refractivity contribution in [1.29, 1.82) is 0 Å². The first-order valence-corrected chi connectivity index (χ1v) is 9.20. The molecule has 2 rings (SSSR count). The number of amides is 1. The number of rotatable bonds is 7. The van der Waals surface area contributed by atoms with Gasteiger partial charge in [0.15, 0.2) is 6.54 Å². The Balaban J connectivity index is 2.01. The molecule has 0 heterocycles. The SMILES string of the molecule is CCc1ccc([C@@H]([NH2+]CC(=O)Nc2c(C)cccc2C)C(C)C)cc1. The predicted molar refractivity (Wildman–Crippen MR) is 105 cm³/mol. The topological polar surface area (TPSA) is 45.7 Å². The van der Waals surface area contributed by atoms with Gasteiger partial charge in [0.1, 0.15) is 6.04 Å². The first-order chi connectivity index (χ1) is 11.9. The Bertz CT molecular complexity index is 684. The predicted octanol–water partition coefficient (Wildman–Crippen LogP) is 3.77. The number of quaternary nitrogens is 1. The van der Waals surface area contributed by atoms with Crippen LogP contribution in [0.3, 0.4) is 0 Å². The molecule has 0 fully saturated rings. The van der Waals surface area contributed by atoms with E-state index in [1.54, 1.807) is 0 Å². The molecule has 0 aliphatic heterocycles. The zero-order chi connectivity index (χ0) is 18.4. The summed E-state index contributed by atoms with van der Waals surface area (Å²) >= 11 is 0. The van der Waals surface area contributed by atoms with Crippen LogP contribution in [0.25, 0.3) is 0 Å². The van der Waals surface area contributed by atoms with Gasteiger partial charge in [-0.1, -0.05) is 63.2 Å². The van der Waals surface area contributed by atoms with Gasteiger partial charge in [-0.15, -0.1) is 0 Å². The molecule has 0 aromatic heterocycles. The molecular weight excluding hydrogens is 308 g/mol. The van der Waals surface area contributed by atoms with Crippen molar-refractivity contribution < 1.29 is 10.1 Å². The van der Waals surface area contributed by atoms with Gasteiger partial charge >= 0.3 is 0 Å². The summed E-state index contributed by atoms with van der Waals surface area (Å²) < 4.78 is 0. The summed E-state index contributed by atoms with van der Waals surface area (Å²) in [4.78, 5) is 12.4. The standard InChI is InChI=1S/C22H30N2O/c1-6-18-10-12-19(13-11-18)21(15(2)3)23-14-20(25)24-22-16(4)8-7-9-17(22)5/h7-13,15,21,23H,6,14H2,1-5H3,(H,24,25)/p+1/t21-/m0/s1. The molecule has 0 saturated carbocycles. The Labute approximate surface area is 151 Å². The molecule has 25 heavy (non-hydrogen) atoms. The van der Waals surface area contributed by atoms with Crippen molar-refractivity contribution >= 4 is 11.6 Å². The van der Waals surface area contributed by atoms with Crippen LogP contribution in [0.15, 0.2) is 42.5 Å². The second-order valence-corrected chi connectivity index (χ2v) is 7.12. The van der Waals surface area contributed by atoms with Gasteiger partial charge in [-0.2, -0.15) is 0 Å². The Hall–Kier alpha value is -2.13. The second kappa shape index (κ2) is 8.82. The van der Waals surface area contributed by atoms with Crippen LogP contribution in [-0.4, -0.2) is 12.5 Å². The maximum atomic E-state index is 12.4. The van der Waals surface area contributed by atoms with Crippen LogP contribution in [-0.2, 0) is 11.2 Å². The Morgan fingerprint density at radius 2 is 1.64 bits per heavy atom. The van der Waals surface area contributed by atoms with Gasteiger partial charge < -0.3 is 10.6 Å². The number of nitrogens with one attached hydrogen (secondary N) is 1. The smallest absolute Gasteiger partial charge is 0.279 e. The maximum absolute atomic E-state index is 12.4. The lowest BCUT2D eigenvalue weighted by Crippen LogP contribution is -2.88. The Morgan fingerprint density at radius 1 is 1.04 bits per heavy atom. The minimum absolute atomic E-state index is 0.0493. The zero-order valence-electron chi connectivity index (χ0n) is 16.1. The molecule has 1 atom stereocenters. The van der Waals surface area contributed by atoms with Crippen molar-refractivity contribution in [1.82, 2.24) is 0 Å². The molecule has 0 unspecified atom stereocenters. The number of para-hydroxylation sites is 1. The number of carbonyl (C=O) groups is 1. The second-order valence-electron chi connectivity index (χ2n) is 7.12. The van der Waals surface area contributed by atoms with Crippen molar-refractivity contribution in [2.45, 2.75) is 47.1 Å². The molecule has 134 valence electrons. The van der Waals surface area contributed by atoms with Crippen molar-refractivity contribution in [2.24, 2.45) is 5.92 Å². The van der Waals surface area contributed by atoms with Crippen molar-refractivity contribution in [3.8, 4) is 0 Å². The third-order valence-electron chi connectivity index (χ3n) is 4.79. The summed E-state index contributed by atoms with van der Waals surface area (Å²) in [6, 6.07) is 15.1. The van der Waals surface area contributed by atoms with Crippen LogP contribution in [0.2, 0.25) is 0 Å². The van der Waals surface area contributed by atoms with Crippen LogP contribution >= 0.6 is 0 Å². The van der Waals surface area contributed by atoms with E-state index in [9.17, 15) is 4.79 Å². The van der Waals surface area contributed by atoms with Gasteiger partial charge in [0.2, 0.25) is 0 Å². The number of hydrogen-bond donors (Lipinski definition) is 2. The van der Waals surface area contributed by atoms with Gasteiger partial charge in [-0.05, 0) is 37.0 Å². The first kappa shape index (κ1) is 19.2. The molecule has 3 nitrogen and oxygen atoms in total. The van der Waals surface area contributed by atoms with E-state index in [-0.39, 0.29) is 11.9 Å². The van der Waals surface area contributed by atoms with E-state index < -0.39 is 0 Å². The monoisotopic (exact) mass is 339 g/mol. The third-order valence-corrected chi connectivity index (χ3v) is 4.79. The highest BCUT2D eigenvalue weighted by Gasteiger charge is 2.20. The third kappa shape index (κ3) is 5.17. The minimum atomic E-state index is 0.0493. The summed E-state index contributed by atoms with van der Waals surface area (Å²) in [7, 11) is 0. The highest BCUT2D eigenvalue weighted by Crippen LogP contribution is 2.20. The Morgan fingerprint density at radius 3 is 2.16 bits per heavy atom. The number of aryl methyl sites for hydroxylation is 3. The molecule has 2 aromatic carbocycles. The van der Waals surface area contributed by atoms with E-state index >= 15 is 0 Å². The highest BCUT2D eigenvalue weighted by atomic mass is 16.1.